The Labute approximate surface area is 168 Å². The summed E-state index contributed by atoms with van der Waals surface area (Å²) in [5.74, 6) is 0.839. The molecule has 0 aliphatic heterocycles. The molecule has 0 aliphatic carbocycles. The van der Waals surface area contributed by atoms with Gasteiger partial charge in [-0.05, 0) is 30.7 Å². The highest BCUT2D eigenvalue weighted by Crippen LogP contribution is 2.19. The molecule has 7 heteroatoms. The van der Waals surface area contributed by atoms with Crippen molar-refractivity contribution in [1.29, 1.82) is 0 Å². The minimum atomic E-state index is -0.135. The first-order chi connectivity index (χ1) is 13.7. The number of nitrogens with zero attached hydrogens (tertiary/aromatic N) is 2. The number of rotatable bonds is 10. The molecule has 1 N–H and O–H groups in total. The fourth-order valence-electron chi connectivity index (χ4n) is 2.92. The van der Waals surface area contributed by atoms with Gasteiger partial charge in [0, 0.05) is 6.54 Å². The molecule has 2 aromatic heterocycles. The highest BCUT2D eigenvalue weighted by Gasteiger charge is 2.14. The van der Waals surface area contributed by atoms with Crippen LogP contribution in [-0.4, -0.2) is 27.8 Å². The molecular formula is C21H25N3O3S. The second-order valence-corrected chi connectivity index (χ2v) is 7.52. The summed E-state index contributed by atoms with van der Waals surface area (Å²) in [5, 5.41) is 4.00. The summed E-state index contributed by atoms with van der Waals surface area (Å²) in [5.41, 5.74) is 0.496. The number of para-hydroxylation sites is 1. The lowest BCUT2D eigenvalue weighted by Crippen LogP contribution is -2.28. The first-order valence-electron chi connectivity index (χ1n) is 9.60. The Morgan fingerprint density at radius 3 is 2.82 bits per heavy atom. The zero-order valence-corrected chi connectivity index (χ0v) is 16.8. The van der Waals surface area contributed by atoms with E-state index in [2.05, 4.69) is 17.2 Å². The van der Waals surface area contributed by atoms with Crippen molar-refractivity contribution < 1.29 is 9.21 Å². The van der Waals surface area contributed by atoms with Gasteiger partial charge in [0.25, 0.3) is 5.56 Å². The van der Waals surface area contributed by atoms with Crippen LogP contribution in [0.2, 0.25) is 0 Å². The van der Waals surface area contributed by atoms with Crippen molar-refractivity contribution in [2.24, 2.45) is 0 Å². The maximum absolute atomic E-state index is 13.0. The molecule has 0 saturated carbocycles. The molecule has 2 heterocycles. The fraction of sp³-hybridized carbons (Fsp3) is 0.381. The highest BCUT2D eigenvalue weighted by molar-refractivity contribution is 7.99. The molecule has 28 heavy (non-hydrogen) atoms. The number of aromatic nitrogens is 2. The van der Waals surface area contributed by atoms with Crippen molar-refractivity contribution in [2.45, 2.75) is 44.3 Å². The van der Waals surface area contributed by atoms with Crippen molar-refractivity contribution in [3.8, 4) is 0 Å². The van der Waals surface area contributed by atoms with Crippen LogP contribution in [0.3, 0.4) is 0 Å². The summed E-state index contributed by atoms with van der Waals surface area (Å²) in [6.45, 7) is 3.13. The number of nitrogens with one attached hydrogen (secondary N) is 1. The number of amides is 1. The largest absolute Gasteiger partial charge is 0.467 e. The van der Waals surface area contributed by atoms with E-state index < -0.39 is 0 Å². The third-order valence-electron chi connectivity index (χ3n) is 4.41. The molecule has 0 fully saturated rings. The second kappa shape index (κ2) is 10.1. The summed E-state index contributed by atoms with van der Waals surface area (Å²) < 4.78 is 6.96. The van der Waals surface area contributed by atoms with E-state index in [0.717, 1.165) is 12.8 Å². The number of furan rings is 1. The van der Waals surface area contributed by atoms with Gasteiger partial charge < -0.3 is 9.73 Å². The average molecular weight is 400 g/mol. The summed E-state index contributed by atoms with van der Waals surface area (Å²) in [6, 6.07) is 10.9. The third-order valence-corrected chi connectivity index (χ3v) is 5.38. The van der Waals surface area contributed by atoms with Crippen molar-refractivity contribution in [1.82, 2.24) is 14.9 Å². The van der Waals surface area contributed by atoms with Crippen LogP contribution in [0, 0.1) is 0 Å². The number of hydrogen-bond donors (Lipinski definition) is 1. The van der Waals surface area contributed by atoms with E-state index in [-0.39, 0.29) is 23.8 Å². The number of benzene rings is 1. The molecule has 148 valence electrons. The molecule has 0 atom stereocenters. The quantitative estimate of drug-likeness (QED) is 0.319. The molecule has 6 nitrogen and oxygen atoms in total. The van der Waals surface area contributed by atoms with Gasteiger partial charge in [0.2, 0.25) is 5.91 Å². The van der Waals surface area contributed by atoms with Gasteiger partial charge in [0.15, 0.2) is 5.16 Å². The number of carbonyl (C=O) groups excluding carboxylic acids is 1. The number of fused-ring (bicyclic) bond motifs is 1. The Kier molecular flexibility index (Phi) is 7.31. The number of thioether (sulfide) groups is 1. The van der Waals surface area contributed by atoms with Gasteiger partial charge in [0.1, 0.15) is 5.76 Å². The molecule has 0 unspecified atom stereocenters. The van der Waals surface area contributed by atoms with Crippen LogP contribution in [0.5, 0.6) is 0 Å². The van der Waals surface area contributed by atoms with Gasteiger partial charge in [0.05, 0.1) is 29.5 Å². The number of hydrogen-bond acceptors (Lipinski definition) is 5. The molecule has 0 saturated heterocycles. The fourth-order valence-corrected chi connectivity index (χ4v) is 3.74. The van der Waals surface area contributed by atoms with Gasteiger partial charge in [-0.15, -0.1) is 0 Å². The van der Waals surface area contributed by atoms with Gasteiger partial charge in [-0.1, -0.05) is 50.1 Å². The Morgan fingerprint density at radius 2 is 2.04 bits per heavy atom. The Morgan fingerprint density at radius 1 is 1.18 bits per heavy atom. The van der Waals surface area contributed by atoms with Crippen LogP contribution in [0.25, 0.3) is 10.9 Å². The standard InChI is InChI=1S/C21H25N3O3S/c1-2-3-4-7-12-22-19(25)15-28-21-23-18-11-6-5-10-17(18)20(26)24(21)14-16-9-8-13-27-16/h5-6,8-11,13H,2-4,7,12,14-15H2,1H3,(H,22,25). The van der Waals surface area contributed by atoms with Crippen LogP contribution in [0.15, 0.2) is 57.0 Å². The minimum absolute atomic E-state index is 0.0477. The highest BCUT2D eigenvalue weighted by atomic mass is 32.2. The number of carbonyl (C=O) groups is 1. The molecule has 0 radical (unpaired) electrons. The topological polar surface area (TPSA) is 77.1 Å². The van der Waals surface area contributed by atoms with Gasteiger partial charge in [-0.3, -0.25) is 14.2 Å². The van der Waals surface area contributed by atoms with E-state index in [0.29, 0.717) is 28.4 Å². The summed E-state index contributed by atoms with van der Waals surface area (Å²) in [6.07, 6.45) is 6.05. The Balaban J connectivity index is 1.73. The van der Waals surface area contributed by atoms with Gasteiger partial charge in [-0.25, -0.2) is 4.98 Å². The maximum atomic E-state index is 13.0. The number of unbranched alkanes of at least 4 members (excludes halogenated alkanes) is 3. The first-order valence-corrected chi connectivity index (χ1v) is 10.6. The Hall–Kier alpha value is -2.54. The van der Waals surface area contributed by atoms with E-state index in [1.165, 1.54) is 24.6 Å². The third kappa shape index (κ3) is 5.25. The monoisotopic (exact) mass is 399 g/mol. The van der Waals surface area contributed by atoms with Crippen molar-refractivity contribution in [3.05, 3.63) is 58.8 Å². The van der Waals surface area contributed by atoms with Crippen LogP contribution < -0.4 is 10.9 Å². The predicted molar refractivity (Wildman–Crippen MR) is 112 cm³/mol. The van der Waals surface area contributed by atoms with Crippen molar-refractivity contribution in [3.63, 3.8) is 0 Å². The molecule has 3 rings (SSSR count). The molecule has 1 aromatic carbocycles. The predicted octanol–water partition coefficient (Wildman–Crippen LogP) is 3.83. The van der Waals surface area contributed by atoms with E-state index in [9.17, 15) is 9.59 Å². The second-order valence-electron chi connectivity index (χ2n) is 6.58. The summed E-state index contributed by atoms with van der Waals surface area (Å²) in [7, 11) is 0. The van der Waals surface area contributed by atoms with Gasteiger partial charge >= 0.3 is 0 Å². The van der Waals surface area contributed by atoms with E-state index in [1.807, 2.05) is 24.3 Å². The zero-order valence-electron chi connectivity index (χ0n) is 16.0. The first kappa shape index (κ1) is 20.2. The van der Waals surface area contributed by atoms with E-state index >= 15 is 0 Å². The molecule has 0 aliphatic rings. The van der Waals surface area contributed by atoms with E-state index in [1.54, 1.807) is 23.0 Å². The normalized spacial score (nSPS) is 11.0. The average Bonchev–Trinajstić information content (AvgIpc) is 3.22. The zero-order chi connectivity index (χ0) is 19.8. The molecule has 3 aromatic rings. The minimum Gasteiger partial charge on any atom is -0.467 e. The summed E-state index contributed by atoms with van der Waals surface area (Å²) >= 11 is 1.27. The maximum Gasteiger partial charge on any atom is 0.262 e. The van der Waals surface area contributed by atoms with E-state index in [4.69, 9.17) is 4.42 Å². The molecule has 1 amide bonds. The van der Waals surface area contributed by atoms with Crippen LogP contribution >= 0.6 is 11.8 Å². The van der Waals surface area contributed by atoms with Crippen molar-refractivity contribution >= 4 is 28.6 Å². The lowest BCUT2D eigenvalue weighted by atomic mass is 10.2. The lowest BCUT2D eigenvalue weighted by molar-refractivity contribution is -0.118. The SMILES string of the molecule is CCCCCCNC(=O)CSc1nc2ccccc2c(=O)n1Cc1ccco1. The van der Waals surface area contributed by atoms with Crippen LogP contribution in [-0.2, 0) is 11.3 Å². The smallest absolute Gasteiger partial charge is 0.262 e. The molecule has 0 spiro atoms. The molecular weight excluding hydrogens is 374 g/mol. The van der Waals surface area contributed by atoms with Crippen LogP contribution in [0.4, 0.5) is 0 Å². The lowest BCUT2D eigenvalue weighted by Gasteiger charge is -2.12. The van der Waals surface area contributed by atoms with Crippen molar-refractivity contribution in [2.75, 3.05) is 12.3 Å². The Bertz CT molecular complexity index is 967. The van der Waals surface area contributed by atoms with Gasteiger partial charge in [-0.2, -0.15) is 0 Å². The summed E-state index contributed by atoms with van der Waals surface area (Å²) in [4.78, 5) is 29.7. The van der Waals surface area contributed by atoms with Crippen LogP contribution in [0.1, 0.15) is 38.4 Å². The molecule has 0 bridgehead atoms.